The molecule has 0 saturated heterocycles. The van der Waals surface area contributed by atoms with E-state index >= 15 is 0 Å². The van der Waals surface area contributed by atoms with Gasteiger partial charge in [0, 0.05) is 25.3 Å². The van der Waals surface area contributed by atoms with Crippen LogP contribution in [0, 0.1) is 11.3 Å². The Balaban J connectivity index is 2.86. The zero-order valence-electron chi connectivity index (χ0n) is 9.86. The molecule has 86 valence electrons. The molecule has 16 heavy (non-hydrogen) atoms. The number of hydrogen-bond donors (Lipinski definition) is 0. The van der Waals surface area contributed by atoms with Gasteiger partial charge >= 0.3 is 0 Å². The summed E-state index contributed by atoms with van der Waals surface area (Å²) in [6, 6.07) is 7.82. The van der Waals surface area contributed by atoms with Gasteiger partial charge in [0.1, 0.15) is 0 Å². The van der Waals surface area contributed by atoms with Crippen LogP contribution in [0.5, 0.6) is 11.5 Å². The van der Waals surface area contributed by atoms with Crippen LogP contribution < -0.4 is 14.4 Å². The molecule has 0 saturated carbocycles. The number of benzene rings is 1. The maximum Gasteiger partial charge on any atom is 0.162 e. The van der Waals surface area contributed by atoms with Crippen molar-refractivity contribution in [2.24, 2.45) is 0 Å². The van der Waals surface area contributed by atoms with E-state index in [-0.39, 0.29) is 0 Å². The molecular weight excluding hydrogens is 204 g/mol. The maximum atomic E-state index is 8.52. The average Bonchev–Trinajstić information content (AvgIpc) is 2.34. The van der Waals surface area contributed by atoms with E-state index in [2.05, 4.69) is 6.07 Å². The standard InChI is InChI=1S/C12H16N2O2/c1-14(8-4-7-13)10-5-6-11(15-2)12(9-10)16-3/h5-6,9H,4,8H2,1-3H3. The number of hydrogen-bond acceptors (Lipinski definition) is 4. The molecule has 0 aliphatic rings. The predicted molar refractivity (Wildman–Crippen MR) is 63.0 cm³/mol. The molecule has 1 aromatic rings. The summed E-state index contributed by atoms with van der Waals surface area (Å²) in [6.45, 7) is 0.700. The van der Waals surface area contributed by atoms with E-state index in [4.69, 9.17) is 14.7 Å². The molecule has 0 atom stereocenters. The third kappa shape index (κ3) is 2.80. The zero-order chi connectivity index (χ0) is 12.0. The molecule has 0 bridgehead atoms. The van der Waals surface area contributed by atoms with Gasteiger partial charge < -0.3 is 14.4 Å². The molecule has 1 rings (SSSR count). The minimum Gasteiger partial charge on any atom is -0.493 e. The minimum absolute atomic E-state index is 0.505. The Morgan fingerprint density at radius 3 is 2.50 bits per heavy atom. The summed E-state index contributed by atoms with van der Waals surface area (Å²) in [7, 11) is 5.16. The third-order valence-corrected chi connectivity index (χ3v) is 2.37. The molecule has 0 amide bonds. The molecular formula is C12H16N2O2. The van der Waals surface area contributed by atoms with Gasteiger partial charge in [0.05, 0.1) is 26.7 Å². The van der Waals surface area contributed by atoms with Crippen LogP contribution in [0.4, 0.5) is 5.69 Å². The van der Waals surface area contributed by atoms with Gasteiger partial charge in [-0.2, -0.15) is 5.26 Å². The van der Waals surface area contributed by atoms with Crippen molar-refractivity contribution in [1.82, 2.24) is 0 Å². The van der Waals surface area contributed by atoms with Crippen molar-refractivity contribution in [2.75, 3.05) is 32.7 Å². The van der Waals surface area contributed by atoms with Crippen molar-refractivity contribution < 1.29 is 9.47 Å². The van der Waals surface area contributed by atoms with E-state index in [1.807, 2.05) is 30.1 Å². The first-order valence-corrected chi connectivity index (χ1v) is 5.03. The number of ether oxygens (including phenoxy) is 2. The topological polar surface area (TPSA) is 45.5 Å². The smallest absolute Gasteiger partial charge is 0.162 e. The van der Waals surface area contributed by atoms with Crippen molar-refractivity contribution >= 4 is 5.69 Å². The summed E-state index contributed by atoms with van der Waals surface area (Å²) < 4.78 is 10.4. The molecule has 4 nitrogen and oxygen atoms in total. The van der Waals surface area contributed by atoms with E-state index in [0.717, 1.165) is 5.69 Å². The average molecular weight is 220 g/mol. The molecule has 0 N–H and O–H groups in total. The lowest BCUT2D eigenvalue weighted by Gasteiger charge is -2.19. The van der Waals surface area contributed by atoms with Crippen molar-refractivity contribution in [3.05, 3.63) is 18.2 Å². The van der Waals surface area contributed by atoms with Crippen molar-refractivity contribution in [3.8, 4) is 17.6 Å². The molecule has 4 heteroatoms. The van der Waals surface area contributed by atoms with E-state index in [1.54, 1.807) is 14.2 Å². The summed E-state index contributed by atoms with van der Waals surface area (Å²) in [5.41, 5.74) is 1.01. The quantitative estimate of drug-likeness (QED) is 0.762. The highest BCUT2D eigenvalue weighted by Gasteiger charge is 2.07. The molecule has 0 aromatic heterocycles. The minimum atomic E-state index is 0.505. The van der Waals surface area contributed by atoms with Crippen LogP contribution >= 0.6 is 0 Å². The predicted octanol–water partition coefficient (Wildman–Crippen LogP) is 2.05. The van der Waals surface area contributed by atoms with Crippen LogP contribution in [0.15, 0.2) is 18.2 Å². The van der Waals surface area contributed by atoms with Crippen molar-refractivity contribution in [1.29, 1.82) is 5.26 Å². The monoisotopic (exact) mass is 220 g/mol. The Bertz CT molecular complexity index is 385. The Morgan fingerprint density at radius 2 is 1.94 bits per heavy atom. The second-order valence-electron chi connectivity index (χ2n) is 3.37. The fraction of sp³-hybridized carbons (Fsp3) is 0.417. The first kappa shape index (κ1) is 12.2. The summed E-state index contributed by atoms with van der Waals surface area (Å²) in [5.74, 6) is 1.41. The summed E-state index contributed by atoms with van der Waals surface area (Å²) >= 11 is 0. The summed E-state index contributed by atoms with van der Waals surface area (Å²) in [4.78, 5) is 2.01. The normalized spacial score (nSPS) is 9.38. The second kappa shape index (κ2) is 5.86. The highest BCUT2D eigenvalue weighted by atomic mass is 16.5. The zero-order valence-corrected chi connectivity index (χ0v) is 9.86. The van der Waals surface area contributed by atoms with Crippen LogP contribution in [0.3, 0.4) is 0 Å². The van der Waals surface area contributed by atoms with Gasteiger partial charge in [-0.1, -0.05) is 0 Å². The van der Waals surface area contributed by atoms with Gasteiger partial charge in [-0.15, -0.1) is 0 Å². The Kier molecular flexibility index (Phi) is 4.46. The summed E-state index contributed by atoms with van der Waals surface area (Å²) in [6.07, 6.45) is 0.505. The molecule has 1 aromatic carbocycles. The van der Waals surface area contributed by atoms with Crippen LogP contribution in [-0.4, -0.2) is 27.8 Å². The lowest BCUT2D eigenvalue weighted by molar-refractivity contribution is 0.355. The van der Waals surface area contributed by atoms with Gasteiger partial charge in [0.25, 0.3) is 0 Å². The highest BCUT2D eigenvalue weighted by molar-refractivity contribution is 5.56. The van der Waals surface area contributed by atoms with Crippen LogP contribution in [0.1, 0.15) is 6.42 Å². The first-order chi connectivity index (χ1) is 7.72. The number of rotatable bonds is 5. The van der Waals surface area contributed by atoms with Gasteiger partial charge in [-0.25, -0.2) is 0 Å². The molecule has 0 aliphatic carbocycles. The number of methoxy groups -OCH3 is 2. The Morgan fingerprint density at radius 1 is 1.25 bits per heavy atom. The highest BCUT2D eigenvalue weighted by Crippen LogP contribution is 2.30. The largest absolute Gasteiger partial charge is 0.493 e. The molecule has 0 fully saturated rings. The van der Waals surface area contributed by atoms with Crippen LogP contribution in [0.2, 0.25) is 0 Å². The van der Waals surface area contributed by atoms with E-state index in [1.165, 1.54) is 0 Å². The van der Waals surface area contributed by atoms with E-state index < -0.39 is 0 Å². The number of nitriles is 1. The Hall–Kier alpha value is -1.89. The van der Waals surface area contributed by atoms with Crippen molar-refractivity contribution in [3.63, 3.8) is 0 Å². The fourth-order valence-corrected chi connectivity index (χ4v) is 1.41. The molecule has 0 unspecified atom stereocenters. The van der Waals surface area contributed by atoms with Gasteiger partial charge in [0.15, 0.2) is 11.5 Å². The fourth-order valence-electron chi connectivity index (χ4n) is 1.41. The maximum absolute atomic E-state index is 8.52. The van der Waals surface area contributed by atoms with Crippen LogP contribution in [0.25, 0.3) is 0 Å². The van der Waals surface area contributed by atoms with E-state index in [9.17, 15) is 0 Å². The lowest BCUT2D eigenvalue weighted by Crippen LogP contribution is -2.17. The van der Waals surface area contributed by atoms with Gasteiger partial charge in [-0.3, -0.25) is 0 Å². The van der Waals surface area contributed by atoms with Crippen LogP contribution in [-0.2, 0) is 0 Å². The van der Waals surface area contributed by atoms with Gasteiger partial charge in [0.2, 0.25) is 0 Å². The third-order valence-electron chi connectivity index (χ3n) is 2.37. The molecule has 0 spiro atoms. The summed E-state index contributed by atoms with van der Waals surface area (Å²) in [5, 5.41) is 8.52. The molecule has 0 aliphatic heterocycles. The molecule has 0 radical (unpaired) electrons. The van der Waals surface area contributed by atoms with E-state index in [0.29, 0.717) is 24.5 Å². The lowest BCUT2D eigenvalue weighted by atomic mass is 10.2. The Labute approximate surface area is 96.0 Å². The first-order valence-electron chi connectivity index (χ1n) is 5.03. The SMILES string of the molecule is COc1ccc(N(C)CCC#N)cc1OC. The number of nitrogens with zero attached hydrogens (tertiary/aromatic N) is 2. The van der Waals surface area contributed by atoms with Crippen molar-refractivity contribution in [2.45, 2.75) is 6.42 Å². The second-order valence-corrected chi connectivity index (χ2v) is 3.37. The molecule has 0 heterocycles. The number of anilines is 1. The van der Waals surface area contributed by atoms with Gasteiger partial charge in [-0.05, 0) is 12.1 Å².